The van der Waals surface area contributed by atoms with Crippen LogP contribution in [0.15, 0.2) is 127 Å². The number of anilines is 4. The number of rotatable bonds is 4. The Morgan fingerprint density at radius 2 is 1.06 bits per heavy atom. The molecule has 3 nitrogen and oxygen atoms in total. The summed E-state index contributed by atoms with van der Waals surface area (Å²) in [6, 6.07) is 44.4. The largest absolute Gasteiger partial charge is 0.399 e. The molecule has 0 amide bonds. The summed E-state index contributed by atoms with van der Waals surface area (Å²) in [4.78, 5) is 2.27. The standard InChI is InChI=1S/C30H23N3/c31-22-15-17-25(18-16-22)32(23-9-3-1-4-10-23)26-19-20-30-28(21-26)27-13-7-8-14-29(27)33(30)24-11-5-2-6-12-24/h1-21H,31H2. The van der Waals surface area contributed by atoms with E-state index in [9.17, 15) is 0 Å². The third-order valence-electron chi connectivity index (χ3n) is 6.09. The molecule has 0 spiro atoms. The van der Waals surface area contributed by atoms with Gasteiger partial charge < -0.3 is 15.2 Å². The second-order valence-electron chi connectivity index (χ2n) is 8.15. The van der Waals surface area contributed by atoms with E-state index in [1.807, 2.05) is 18.2 Å². The fourth-order valence-corrected chi connectivity index (χ4v) is 4.60. The van der Waals surface area contributed by atoms with E-state index in [1.54, 1.807) is 0 Å². The summed E-state index contributed by atoms with van der Waals surface area (Å²) < 4.78 is 2.34. The Hall–Kier alpha value is -4.50. The van der Waals surface area contributed by atoms with Crippen LogP contribution in [0.2, 0.25) is 0 Å². The summed E-state index contributed by atoms with van der Waals surface area (Å²) in [5, 5.41) is 2.46. The van der Waals surface area contributed by atoms with E-state index >= 15 is 0 Å². The van der Waals surface area contributed by atoms with Crippen LogP contribution in [0.5, 0.6) is 0 Å². The van der Waals surface area contributed by atoms with Gasteiger partial charge in [-0.1, -0.05) is 54.6 Å². The molecule has 0 radical (unpaired) electrons. The minimum absolute atomic E-state index is 0.758. The number of hydrogen-bond acceptors (Lipinski definition) is 2. The number of aromatic nitrogens is 1. The molecule has 1 aromatic heterocycles. The molecular formula is C30H23N3. The summed E-state index contributed by atoms with van der Waals surface area (Å²) >= 11 is 0. The Labute approximate surface area is 192 Å². The van der Waals surface area contributed by atoms with Gasteiger partial charge in [0.25, 0.3) is 0 Å². The molecule has 2 N–H and O–H groups in total. The molecule has 0 unspecified atom stereocenters. The van der Waals surface area contributed by atoms with Crippen LogP contribution in [0, 0.1) is 0 Å². The Morgan fingerprint density at radius 1 is 0.485 bits per heavy atom. The van der Waals surface area contributed by atoms with E-state index < -0.39 is 0 Å². The Morgan fingerprint density at radius 3 is 1.82 bits per heavy atom. The molecule has 0 aliphatic heterocycles. The molecule has 1 heterocycles. The third-order valence-corrected chi connectivity index (χ3v) is 6.09. The van der Waals surface area contributed by atoms with E-state index in [2.05, 4.69) is 119 Å². The first kappa shape index (κ1) is 19.2. The molecule has 0 saturated heterocycles. The summed E-state index contributed by atoms with van der Waals surface area (Å²) in [5.74, 6) is 0. The zero-order valence-corrected chi connectivity index (χ0v) is 18.1. The van der Waals surface area contributed by atoms with Crippen molar-refractivity contribution in [3.63, 3.8) is 0 Å². The number of para-hydroxylation sites is 3. The Kier molecular flexibility index (Phi) is 4.59. The minimum atomic E-state index is 0.758. The van der Waals surface area contributed by atoms with Crippen LogP contribution < -0.4 is 10.6 Å². The molecule has 6 rings (SSSR count). The molecule has 0 atom stereocenters. The van der Waals surface area contributed by atoms with E-state index in [1.165, 1.54) is 21.8 Å². The van der Waals surface area contributed by atoms with Crippen LogP contribution in [0.4, 0.5) is 22.7 Å². The van der Waals surface area contributed by atoms with Crippen LogP contribution >= 0.6 is 0 Å². The number of nitrogens with zero attached hydrogens (tertiary/aromatic N) is 2. The van der Waals surface area contributed by atoms with E-state index in [0.29, 0.717) is 0 Å². The summed E-state index contributed by atoms with van der Waals surface area (Å²) in [6.07, 6.45) is 0. The lowest BCUT2D eigenvalue weighted by molar-refractivity contribution is 1.18. The van der Waals surface area contributed by atoms with Gasteiger partial charge in [-0.05, 0) is 72.8 Å². The topological polar surface area (TPSA) is 34.2 Å². The second kappa shape index (κ2) is 7.88. The van der Waals surface area contributed by atoms with Crippen molar-refractivity contribution in [1.29, 1.82) is 0 Å². The zero-order chi connectivity index (χ0) is 22.2. The molecule has 0 aliphatic rings. The minimum Gasteiger partial charge on any atom is -0.399 e. The van der Waals surface area contributed by atoms with Gasteiger partial charge in [0.2, 0.25) is 0 Å². The zero-order valence-electron chi connectivity index (χ0n) is 18.1. The van der Waals surface area contributed by atoms with Crippen LogP contribution in [0.25, 0.3) is 27.5 Å². The number of nitrogen functional groups attached to an aromatic ring is 1. The van der Waals surface area contributed by atoms with Gasteiger partial charge in [-0.25, -0.2) is 0 Å². The normalized spacial score (nSPS) is 11.2. The lowest BCUT2D eigenvalue weighted by Crippen LogP contribution is -2.09. The Bertz CT molecular complexity index is 1550. The van der Waals surface area contributed by atoms with Crippen molar-refractivity contribution in [3.05, 3.63) is 127 Å². The fraction of sp³-hybridized carbons (Fsp3) is 0. The molecule has 0 aliphatic carbocycles. The van der Waals surface area contributed by atoms with Gasteiger partial charge in [-0.2, -0.15) is 0 Å². The maximum absolute atomic E-state index is 5.98. The molecule has 6 aromatic rings. The molecule has 3 heteroatoms. The highest BCUT2D eigenvalue weighted by molar-refractivity contribution is 6.10. The predicted octanol–water partition coefficient (Wildman–Crippen LogP) is 7.84. The van der Waals surface area contributed by atoms with Crippen LogP contribution in [-0.2, 0) is 0 Å². The van der Waals surface area contributed by atoms with Crippen molar-refractivity contribution >= 4 is 44.6 Å². The third kappa shape index (κ3) is 3.31. The lowest BCUT2D eigenvalue weighted by Gasteiger charge is -2.25. The van der Waals surface area contributed by atoms with E-state index in [0.717, 1.165) is 28.4 Å². The molecule has 0 fully saturated rings. The van der Waals surface area contributed by atoms with Gasteiger partial charge in [0.05, 0.1) is 11.0 Å². The average molecular weight is 426 g/mol. The van der Waals surface area contributed by atoms with Crippen molar-refractivity contribution in [1.82, 2.24) is 4.57 Å². The smallest absolute Gasteiger partial charge is 0.0542 e. The number of benzene rings is 5. The molecule has 5 aromatic carbocycles. The summed E-state index contributed by atoms with van der Waals surface area (Å²) in [7, 11) is 0. The lowest BCUT2D eigenvalue weighted by atomic mass is 10.1. The van der Waals surface area contributed by atoms with Gasteiger partial charge in [0.1, 0.15) is 0 Å². The maximum atomic E-state index is 5.98. The monoisotopic (exact) mass is 425 g/mol. The van der Waals surface area contributed by atoms with Crippen molar-refractivity contribution < 1.29 is 0 Å². The highest BCUT2D eigenvalue weighted by atomic mass is 15.1. The fourth-order valence-electron chi connectivity index (χ4n) is 4.60. The maximum Gasteiger partial charge on any atom is 0.0542 e. The quantitative estimate of drug-likeness (QED) is 0.292. The average Bonchev–Trinajstić information content (AvgIpc) is 3.20. The molecule has 33 heavy (non-hydrogen) atoms. The van der Waals surface area contributed by atoms with Crippen molar-refractivity contribution in [2.45, 2.75) is 0 Å². The van der Waals surface area contributed by atoms with Gasteiger partial charge in [0, 0.05) is 39.2 Å². The van der Waals surface area contributed by atoms with Crippen molar-refractivity contribution in [2.24, 2.45) is 0 Å². The molecule has 158 valence electrons. The van der Waals surface area contributed by atoms with E-state index in [4.69, 9.17) is 5.73 Å². The number of fused-ring (bicyclic) bond motifs is 3. The molecule has 0 bridgehead atoms. The first-order chi connectivity index (χ1) is 16.3. The Balaban J connectivity index is 1.61. The summed E-state index contributed by atoms with van der Waals surface area (Å²) in [5.41, 5.74) is 13.6. The van der Waals surface area contributed by atoms with Crippen molar-refractivity contribution in [2.75, 3.05) is 10.6 Å². The summed E-state index contributed by atoms with van der Waals surface area (Å²) in [6.45, 7) is 0. The van der Waals surface area contributed by atoms with Gasteiger partial charge in [-0.15, -0.1) is 0 Å². The SMILES string of the molecule is Nc1ccc(N(c2ccccc2)c2ccc3c(c2)c2ccccc2n3-c2ccccc2)cc1. The first-order valence-electron chi connectivity index (χ1n) is 11.1. The highest BCUT2D eigenvalue weighted by Crippen LogP contribution is 2.39. The van der Waals surface area contributed by atoms with Crippen LogP contribution in [0.3, 0.4) is 0 Å². The van der Waals surface area contributed by atoms with Crippen molar-refractivity contribution in [3.8, 4) is 5.69 Å². The first-order valence-corrected chi connectivity index (χ1v) is 11.1. The number of nitrogens with two attached hydrogens (primary N) is 1. The molecular weight excluding hydrogens is 402 g/mol. The predicted molar refractivity (Wildman–Crippen MR) is 140 cm³/mol. The van der Waals surface area contributed by atoms with Gasteiger partial charge in [0.15, 0.2) is 0 Å². The van der Waals surface area contributed by atoms with Crippen LogP contribution in [-0.4, -0.2) is 4.57 Å². The highest BCUT2D eigenvalue weighted by Gasteiger charge is 2.16. The van der Waals surface area contributed by atoms with E-state index in [-0.39, 0.29) is 0 Å². The van der Waals surface area contributed by atoms with Gasteiger partial charge >= 0.3 is 0 Å². The molecule has 0 saturated carbocycles. The second-order valence-corrected chi connectivity index (χ2v) is 8.15. The van der Waals surface area contributed by atoms with Gasteiger partial charge in [-0.3, -0.25) is 0 Å². The van der Waals surface area contributed by atoms with Crippen LogP contribution in [0.1, 0.15) is 0 Å². The number of hydrogen-bond donors (Lipinski definition) is 1.